The second-order valence-corrected chi connectivity index (χ2v) is 6.83. The van der Waals surface area contributed by atoms with Crippen molar-refractivity contribution in [2.75, 3.05) is 26.4 Å². The van der Waals surface area contributed by atoms with Crippen LogP contribution in [0.15, 0.2) is 30.3 Å². The Bertz CT molecular complexity index is 728. The number of benzene rings is 1. The summed E-state index contributed by atoms with van der Waals surface area (Å²) in [5.74, 6) is -1.88. The first-order valence-electron chi connectivity index (χ1n) is 9.22. The second-order valence-electron chi connectivity index (χ2n) is 6.83. The molecule has 8 nitrogen and oxygen atoms in total. The molecular formula is C19H24N3O5+. The summed E-state index contributed by atoms with van der Waals surface area (Å²) in [6.45, 7) is 3.66. The molecule has 0 atom stereocenters. The molecule has 1 aromatic rings. The van der Waals surface area contributed by atoms with Crippen LogP contribution in [0, 0.1) is 5.92 Å². The minimum atomic E-state index is -0.787. The molecular weight excluding hydrogens is 350 g/mol. The number of rotatable bonds is 6. The van der Waals surface area contributed by atoms with Crippen molar-refractivity contribution in [1.82, 2.24) is 9.80 Å². The Labute approximate surface area is 157 Å². The van der Waals surface area contributed by atoms with Gasteiger partial charge in [0.2, 0.25) is 0 Å². The predicted octanol–water partition coefficient (Wildman–Crippen LogP) is -0.207. The van der Waals surface area contributed by atoms with Crippen molar-refractivity contribution in [2.24, 2.45) is 5.92 Å². The summed E-state index contributed by atoms with van der Waals surface area (Å²) in [6, 6.07) is 8.51. The molecule has 0 bridgehead atoms. The maximum absolute atomic E-state index is 12.6. The van der Waals surface area contributed by atoms with Gasteiger partial charge in [-0.1, -0.05) is 30.3 Å². The van der Waals surface area contributed by atoms with Gasteiger partial charge in [-0.05, 0) is 12.5 Å². The van der Waals surface area contributed by atoms with E-state index in [-0.39, 0.29) is 25.1 Å². The number of nitrogens with zero attached hydrogens (tertiary/aromatic N) is 2. The first kappa shape index (κ1) is 19.0. The number of nitrogens with one attached hydrogen (secondary N) is 1. The van der Waals surface area contributed by atoms with E-state index < -0.39 is 17.8 Å². The summed E-state index contributed by atoms with van der Waals surface area (Å²) in [6.07, 6.45) is 1.29. The minimum Gasteiger partial charge on any atom is -0.466 e. The number of quaternary nitrogens is 1. The largest absolute Gasteiger partial charge is 0.466 e. The third-order valence-electron chi connectivity index (χ3n) is 5.01. The van der Waals surface area contributed by atoms with Crippen molar-refractivity contribution >= 4 is 23.8 Å². The molecule has 0 saturated carbocycles. The van der Waals surface area contributed by atoms with Crippen LogP contribution in [0.3, 0.4) is 0 Å². The summed E-state index contributed by atoms with van der Waals surface area (Å²) in [5, 5.41) is 0. The number of esters is 1. The molecule has 0 radical (unpaired) electrons. The molecule has 2 saturated heterocycles. The number of carbonyl (C=O) groups excluding carboxylic acids is 4. The summed E-state index contributed by atoms with van der Waals surface area (Å²) in [4.78, 5) is 51.9. The van der Waals surface area contributed by atoms with Gasteiger partial charge in [-0.25, -0.2) is 9.69 Å². The monoisotopic (exact) mass is 374 g/mol. The smallest absolute Gasteiger partial charge is 0.339 e. The molecule has 0 aliphatic carbocycles. The van der Waals surface area contributed by atoms with Crippen molar-refractivity contribution in [2.45, 2.75) is 26.3 Å². The molecule has 4 amide bonds. The van der Waals surface area contributed by atoms with Crippen LogP contribution in [-0.2, 0) is 25.7 Å². The molecule has 0 aromatic heterocycles. The molecule has 2 heterocycles. The molecule has 2 aliphatic heterocycles. The van der Waals surface area contributed by atoms with E-state index in [4.69, 9.17) is 4.74 Å². The van der Waals surface area contributed by atoms with E-state index in [1.807, 2.05) is 18.2 Å². The van der Waals surface area contributed by atoms with Gasteiger partial charge in [-0.15, -0.1) is 0 Å². The quantitative estimate of drug-likeness (QED) is 0.423. The number of ether oxygens (including phenoxy) is 1. The van der Waals surface area contributed by atoms with E-state index in [2.05, 4.69) is 0 Å². The number of hydrogen-bond donors (Lipinski definition) is 1. The molecule has 2 fully saturated rings. The number of imide groups is 2. The highest BCUT2D eigenvalue weighted by atomic mass is 16.5. The van der Waals surface area contributed by atoms with Gasteiger partial charge in [0, 0.05) is 12.8 Å². The van der Waals surface area contributed by atoms with Crippen molar-refractivity contribution < 1.29 is 28.8 Å². The molecule has 1 aromatic carbocycles. The standard InChI is InChI=1S/C19H23N3O5/c1-2-27-18(25)15-8-10-20(11-9-15)13-22-17(24)16(23)21(19(22)26)12-14-6-4-3-5-7-14/h3-7,15H,2,8-13H2,1H3/p+1. The normalized spacial score (nSPS) is 23.1. The molecule has 2 aliphatic rings. The third-order valence-corrected chi connectivity index (χ3v) is 5.01. The van der Waals surface area contributed by atoms with Crippen LogP contribution < -0.4 is 4.90 Å². The zero-order chi connectivity index (χ0) is 19.4. The lowest BCUT2D eigenvalue weighted by atomic mass is 9.97. The minimum absolute atomic E-state index is 0.0843. The lowest BCUT2D eigenvalue weighted by Gasteiger charge is -2.29. The van der Waals surface area contributed by atoms with Gasteiger partial charge >= 0.3 is 23.8 Å². The van der Waals surface area contributed by atoms with Gasteiger partial charge in [-0.3, -0.25) is 19.3 Å². The van der Waals surface area contributed by atoms with Gasteiger partial charge in [-0.2, -0.15) is 0 Å². The Morgan fingerprint density at radius 1 is 1.07 bits per heavy atom. The summed E-state index contributed by atoms with van der Waals surface area (Å²) >= 11 is 0. The Hall–Kier alpha value is -2.74. The number of carbonyl (C=O) groups is 4. The fraction of sp³-hybridized carbons (Fsp3) is 0.474. The Kier molecular flexibility index (Phi) is 5.85. The molecule has 8 heteroatoms. The van der Waals surface area contributed by atoms with Crippen LogP contribution in [0.1, 0.15) is 25.3 Å². The second kappa shape index (κ2) is 8.30. The number of amides is 4. The lowest BCUT2D eigenvalue weighted by molar-refractivity contribution is -0.913. The number of piperidine rings is 1. The summed E-state index contributed by atoms with van der Waals surface area (Å²) < 4.78 is 5.05. The molecule has 27 heavy (non-hydrogen) atoms. The molecule has 1 N–H and O–H groups in total. The Morgan fingerprint density at radius 3 is 2.33 bits per heavy atom. The van der Waals surface area contributed by atoms with Gasteiger partial charge in [0.05, 0.1) is 32.2 Å². The van der Waals surface area contributed by atoms with E-state index in [9.17, 15) is 19.2 Å². The first-order chi connectivity index (χ1) is 13.0. The van der Waals surface area contributed by atoms with E-state index >= 15 is 0 Å². The van der Waals surface area contributed by atoms with Crippen LogP contribution in [-0.4, -0.2) is 60.0 Å². The maximum atomic E-state index is 12.6. The maximum Gasteiger partial charge on any atom is 0.339 e. The van der Waals surface area contributed by atoms with Gasteiger partial charge in [0.25, 0.3) is 0 Å². The van der Waals surface area contributed by atoms with Crippen LogP contribution in [0.2, 0.25) is 0 Å². The third kappa shape index (κ3) is 4.16. The topological polar surface area (TPSA) is 88.4 Å². The highest BCUT2D eigenvalue weighted by Crippen LogP contribution is 2.16. The first-order valence-corrected chi connectivity index (χ1v) is 9.22. The molecule has 3 rings (SSSR count). The predicted molar refractivity (Wildman–Crippen MR) is 94.2 cm³/mol. The lowest BCUT2D eigenvalue weighted by Crippen LogP contribution is -3.14. The van der Waals surface area contributed by atoms with E-state index in [1.165, 1.54) is 0 Å². The average molecular weight is 374 g/mol. The Balaban J connectivity index is 1.58. The summed E-state index contributed by atoms with van der Waals surface area (Å²) in [5.41, 5.74) is 0.788. The van der Waals surface area contributed by atoms with Gasteiger partial charge < -0.3 is 9.64 Å². The molecule has 0 unspecified atom stereocenters. The number of urea groups is 1. The fourth-order valence-electron chi connectivity index (χ4n) is 3.50. The van der Waals surface area contributed by atoms with Crippen LogP contribution in [0.4, 0.5) is 4.79 Å². The Morgan fingerprint density at radius 2 is 1.70 bits per heavy atom. The van der Waals surface area contributed by atoms with Gasteiger partial charge in [0.15, 0.2) is 6.67 Å². The highest BCUT2D eigenvalue weighted by Gasteiger charge is 2.46. The average Bonchev–Trinajstić information content (AvgIpc) is 2.88. The highest BCUT2D eigenvalue weighted by molar-refractivity contribution is 6.44. The fourth-order valence-corrected chi connectivity index (χ4v) is 3.50. The zero-order valence-electron chi connectivity index (χ0n) is 15.3. The zero-order valence-corrected chi connectivity index (χ0v) is 15.3. The van der Waals surface area contributed by atoms with Crippen LogP contribution >= 0.6 is 0 Å². The van der Waals surface area contributed by atoms with Gasteiger partial charge in [0.1, 0.15) is 0 Å². The van der Waals surface area contributed by atoms with E-state index in [1.54, 1.807) is 19.1 Å². The van der Waals surface area contributed by atoms with Crippen molar-refractivity contribution in [3.8, 4) is 0 Å². The number of likely N-dealkylation sites (tertiary alicyclic amines) is 1. The van der Waals surface area contributed by atoms with E-state index in [0.29, 0.717) is 32.5 Å². The molecule has 0 spiro atoms. The number of hydrogen-bond acceptors (Lipinski definition) is 5. The SMILES string of the molecule is CCOC(=O)C1CC[NH+](CN2C(=O)C(=O)N(Cc3ccccc3)C2=O)CC1. The molecule has 144 valence electrons. The van der Waals surface area contributed by atoms with Crippen LogP contribution in [0.25, 0.3) is 0 Å². The van der Waals surface area contributed by atoms with Crippen molar-refractivity contribution in [1.29, 1.82) is 0 Å². The van der Waals surface area contributed by atoms with Crippen LogP contribution in [0.5, 0.6) is 0 Å². The van der Waals surface area contributed by atoms with Crippen molar-refractivity contribution in [3.05, 3.63) is 35.9 Å². The van der Waals surface area contributed by atoms with E-state index in [0.717, 1.165) is 20.3 Å². The van der Waals surface area contributed by atoms with Crippen molar-refractivity contribution in [3.63, 3.8) is 0 Å². The summed E-state index contributed by atoms with van der Waals surface area (Å²) in [7, 11) is 0.